The number of halogens is 1. The molecule has 1 saturated carbocycles. The Balaban J connectivity index is 1.99. The third kappa shape index (κ3) is 2.61. The number of amidine groups is 1. The van der Waals surface area contributed by atoms with E-state index >= 15 is 0 Å². The lowest BCUT2D eigenvalue weighted by Crippen LogP contribution is -2.21. The fourth-order valence-corrected chi connectivity index (χ4v) is 2.20. The van der Waals surface area contributed by atoms with Crippen LogP contribution >= 0.6 is 22.6 Å². The van der Waals surface area contributed by atoms with Crippen molar-refractivity contribution in [2.75, 3.05) is 0 Å². The van der Waals surface area contributed by atoms with Crippen molar-refractivity contribution in [1.82, 2.24) is 9.78 Å². The van der Waals surface area contributed by atoms with Crippen LogP contribution in [0.25, 0.3) is 0 Å². The second-order valence-corrected chi connectivity index (χ2v) is 5.37. The molecule has 1 aliphatic rings. The Kier molecular flexibility index (Phi) is 2.85. The molecule has 2 rings (SSSR count). The monoisotopic (exact) mass is 320 g/mol. The van der Waals surface area contributed by atoms with E-state index < -0.39 is 0 Å². The molecule has 15 heavy (non-hydrogen) atoms. The highest BCUT2D eigenvalue weighted by Crippen LogP contribution is 2.50. The molecule has 1 heterocycles. The van der Waals surface area contributed by atoms with Crippen LogP contribution in [0.4, 0.5) is 0 Å². The molecule has 0 atom stereocenters. The lowest BCUT2D eigenvalue weighted by Gasteiger charge is -2.13. The average molecular weight is 320 g/mol. The minimum absolute atomic E-state index is 0.172. The van der Waals surface area contributed by atoms with Crippen LogP contribution in [-0.4, -0.2) is 20.8 Å². The molecule has 3 N–H and O–H groups in total. The SMILES string of the molecule is NC(CC1(Cn2cc(I)cn2)CC1)=NO. The first-order valence-electron chi connectivity index (χ1n) is 4.78. The second-order valence-electron chi connectivity index (χ2n) is 4.12. The third-order valence-corrected chi connectivity index (χ3v) is 3.30. The van der Waals surface area contributed by atoms with Gasteiger partial charge in [-0.15, -0.1) is 0 Å². The fraction of sp³-hybridized carbons (Fsp3) is 0.556. The highest BCUT2D eigenvalue weighted by atomic mass is 127. The third-order valence-electron chi connectivity index (χ3n) is 2.74. The Morgan fingerprint density at radius 1 is 1.73 bits per heavy atom. The average Bonchev–Trinajstić information content (AvgIpc) is 2.82. The molecule has 0 bridgehead atoms. The molecule has 1 aromatic rings. The van der Waals surface area contributed by atoms with E-state index in [1.54, 1.807) is 0 Å². The summed E-state index contributed by atoms with van der Waals surface area (Å²) in [6.45, 7) is 0.853. The van der Waals surface area contributed by atoms with Gasteiger partial charge in [0.2, 0.25) is 0 Å². The van der Waals surface area contributed by atoms with Gasteiger partial charge >= 0.3 is 0 Å². The Bertz CT molecular complexity index is 383. The molecule has 1 aliphatic carbocycles. The number of hydrogen-bond donors (Lipinski definition) is 2. The molecular formula is C9H13IN4O. The summed E-state index contributed by atoms with van der Waals surface area (Å²) in [6.07, 6.45) is 6.74. The smallest absolute Gasteiger partial charge is 0.139 e. The van der Waals surface area contributed by atoms with Gasteiger partial charge in [0.1, 0.15) is 5.84 Å². The van der Waals surface area contributed by atoms with Crippen molar-refractivity contribution in [3.63, 3.8) is 0 Å². The maximum atomic E-state index is 8.54. The van der Waals surface area contributed by atoms with Gasteiger partial charge in [0.15, 0.2) is 0 Å². The van der Waals surface area contributed by atoms with Crippen LogP contribution in [0.1, 0.15) is 19.3 Å². The molecule has 0 amide bonds. The largest absolute Gasteiger partial charge is 0.409 e. The molecule has 1 aromatic heterocycles. The number of oxime groups is 1. The van der Waals surface area contributed by atoms with Crippen LogP contribution in [0.3, 0.4) is 0 Å². The molecule has 6 heteroatoms. The molecular weight excluding hydrogens is 307 g/mol. The number of rotatable bonds is 4. The molecule has 0 radical (unpaired) electrons. The lowest BCUT2D eigenvalue weighted by molar-refractivity contribution is 0.312. The summed E-state index contributed by atoms with van der Waals surface area (Å²) in [5.41, 5.74) is 5.70. The molecule has 82 valence electrons. The summed E-state index contributed by atoms with van der Waals surface area (Å²) in [4.78, 5) is 0. The predicted molar refractivity (Wildman–Crippen MR) is 64.6 cm³/mol. The van der Waals surface area contributed by atoms with Gasteiger partial charge in [-0.05, 0) is 40.8 Å². The minimum atomic E-state index is 0.172. The zero-order valence-electron chi connectivity index (χ0n) is 8.23. The number of hydrogen-bond acceptors (Lipinski definition) is 3. The normalized spacial score (nSPS) is 19.1. The van der Waals surface area contributed by atoms with Crippen LogP contribution in [0.15, 0.2) is 17.5 Å². The predicted octanol–water partition coefficient (Wildman–Crippen LogP) is 1.40. The van der Waals surface area contributed by atoms with Gasteiger partial charge in [0.05, 0.1) is 9.77 Å². The first kappa shape index (κ1) is 10.7. The summed E-state index contributed by atoms with van der Waals surface area (Å²) >= 11 is 2.23. The zero-order chi connectivity index (χ0) is 10.9. The molecule has 0 spiro atoms. The van der Waals surface area contributed by atoms with E-state index in [0.717, 1.165) is 23.0 Å². The highest BCUT2D eigenvalue weighted by molar-refractivity contribution is 14.1. The van der Waals surface area contributed by atoms with E-state index in [2.05, 4.69) is 32.8 Å². The molecule has 0 saturated heterocycles. The van der Waals surface area contributed by atoms with Crippen LogP contribution in [0.2, 0.25) is 0 Å². The molecule has 0 unspecified atom stereocenters. The van der Waals surface area contributed by atoms with Gasteiger partial charge in [0.25, 0.3) is 0 Å². The van der Waals surface area contributed by atoms with E-state index in [1.807, 2.05) is 17.1 Å². The first-order chi connectivity index (χ1) is 7.13. The first-order valence-corrected chi connectivity index (χ1v) is 5.86. The summed E-state index contributed by atoms with van der Waals surface area (Å²) in [7, 11) is 0. The van der Waals surface area contributed by atoms with E-state index in [9.17, 15) is 0 Å². The van der Waals surface area contributed by atoms with Crippen molar-refractivity contribution in [2.45, 2.75) is 25.8 Å². The maximum absolute atomic E-state index is 8.54. The number of aromatic nitrogens is 2. The quantitative estimate of drug-likeness (QED) is 0.289. The number of nitrogens with two attached hydrogens (primary N) is 1. The van der Waals surface area contributed by atoms with Gasteiger partial charge in [-0.1, -0.05) is 5.16 Å². The van der Waals surface area contributed by atoms with Crippen molar-refractivity contribution in [3.8, 4) is 0 Å². The van der Waals surface area contributed by atoms with Crippen LogP contribution in [0, 0.1) is 8.99 Å². The van der Waals surface area contributed by atoms with E-state index in [4.69, 9.17) is 10.9 Å². The Labute approximate surface area is 101 Å². The maximum Gasteiger partial charge on any atom is 0.139 e. The lowest BCUT2D eigenvalue weighted by atomic mass is 10.0. The summed E-state index contributed by atoms with van der Waals surface area (Å²) in [6, 6.07) is 0. The van der Waals surface area contributed by atoms with Crippen molar-refractivity contribution in [3.05, 3.63) is 16.0 Å². The Morgan fingerprint density at radius 2 is 2.47 bits per heavy atom. The Morgan fingerprint density at radius 3 is 2.93 bits per heavy atom. The zero-order valence-corrected chi connectivity index (χ0v) is 10.4. The molecule has 5 nitrogen and oxygen atoms in total. The molecule has 0 aliphatic heterocycles. The van der Waals surface area contributed by atoms with E-state index in [-0.39, 0.29) is 5.41 Å². The van der Waals surface area contributed by atoms with E-state index in [0.29, 0.717) is 12.3 Å². The molecule has 0 aromatic carbocycles. The fourth-order valence-electron chi connectivity index (χ4n) is 1.76. The minimum Gasteiger partial charge on any atom is -0.409 e. The Hall–Kier alpha value is -0.790. The summed E-state index contributed by atoms with van der Waals surface area (Å²) in [5, 5.41) is 15.8. The summed E-state index contributed by atoms with van der Waals surface area (Å²) in [5.74, 6) is 0.314. The van der Waals surface area contributed by atoms with Crippen LogP contribution in [-0.2, 0) is 6.54 Å². The van der Waals surface area contributed by atoms with Gasteiger partial charge in [0, 0.05) is 19.2 Å². The van der Waals surface area contributed by atoms with Crippen molar-refractivity contribution < 1.29 is 5.21 Å². The van der Waals surface area contributed by atoms with E-state index in [1.165, 1.54) is 0 Å². The highest BCUT2D eigenvalue weighted by Gasteiger charge is 2.43. The standard InChI is InChI=1S/C9H13IN4O/c10-7-4-12-14(5-7)6-9(1-2-9)3-8(11)13-15/h4-5,15H,1-3,6H2,(H2,11,13). The van der Waals surface area contributed by atoms with Gasteiger partial charge in [-0.3, -0.25) is 4.68 Å². The second kappa shape index (κ2) is 3.99. The van der Waals surface area contributed by atoms with Gasteiger partial charge in [-0.25, -0.2) is 0 Å². The van der Waals surface area contributed by atoms with Gasteiger partial charge in [-0.2, -0.15) is 5.10 Å². The van der Waals surface area contributed by atoms with Crippen LogP contribution in [0.5, 0.6) is 0 Å². The van der Waals surface area contributed by atoms with Crippen molar-refractivity contribution >= 4 is 28.4 Å². The van der Waals surface area contributed by atoms with Crippen LogP contribution < -0.4 is 5.73 Å². The number of nitrogens with zero attached hydrogens (tertiary/aromatic N) is 3. The van der Waals surface area contributed by atoms with Crippen molar-refractivity contribution in [2.24, 2.45) is 16.3 Å². The summed E-state index contributed by atoms with van der Waals surface area (Å²) < 4.78 is 3.06. The topological polar surface area (TPSA) is 76.4 Å². The van der Waals surface area contributed by atoms with Gasteiger partial charge < -0.3 is 10.9 Å². The van der Waals surface area contributed by atoms with Crippen molar-refractivity contribution in [1.29, 1.82) is 0 Å². The molecule has 1 fully saturated rings.